The summed E-state index contributed by atoms with van der Waals surface area (Å²) in [5, 5.41) is 2.75. The molecule has 0 saturated heterocycles. The summed E-state index contributed by atoms with van der Waals surface area (Å²) >= 11 is 0. The molecule has 0 radical (unpaired) electrons. The summed E-state index contributed by atoms with van der Waals surface area (Å²) in [6.07, 6.45) is -0.768. The Hall–Kier alpha value is -2.18. The summed E-state index contributed by atoms with van der Waals surface area (Å²) < 4.78 is 36.8. The normalized spacial score (nSPS) is 11.2. The number of hydrogen-bond acceptors (Lipinski definition) is 4. The van der Waals surface area contributed by atoms with Gasteiger partial charge in [0.2, 0.25) is 0 Å². The quantitative estimate of drug-likeness (QED) is 0.876. The van der Waals surface area contributed by atoms with Crippen LogP contribution in [-0.2, 0) is 6.18 Å². The van der Waals surface area contributed by atoms with Crippen molar-refractivity contribution in [3.63, 3.8) is 0 Å². The lowest BCUT2D eigenvalue weighted by Crippen LogP contribution is -2.06. The van der Waals surface area contributed by atoms with Crippen LogP contribution in [0, 0.1) is 0 Å². The monoisotopic (exact) mass is 240 g/mol. The van der Waals surface area contributed by atoms with Crippen molar-refractivity contribution in [1.29, 1.82) is 0 Å². The van der Waals surface area contributed by atoms with Gasteiger partial charge in [-0.3, -0.25) is 0 Å². The van der Waals surface area contributed by atoms with E-state index in [1.807, 2.05) is 0 Å². The summed E-state index contributed by atoms with van der Waals surface area (Å²) in [5.41, 5.74) is -0.786. The van der Waals surface area contributed by atoms with Gasteiger partial charge in [-0.05, 0) is 18.2 Å². The highest BCUT2D eigenvalue weighted by Gasteiger charge is 2.30. The van der Waals surface area contributed by atoms with Crippen LogP contribution in [0.2, 0.25) is 0 Å². The molecule has 88 valence electrons. The Morgan fingerprint density at radius 3 is 2.29 bits per heavy atom. The van der Waals surface area contributed by atoms with Gasteiger partial charge in [-0.2, -0.15) is 13.2 Å². The lowest BCUT2D eigenvalue weighted by Gasteiger charge is -2.07. The number of pyridine rings is 1. The minimum Gasteiger partial charge on any atom is -0.325 e. The third kappa shape index (κ3) is 2.90. The third-order valence-electron chi connectivity index (χ3n) is 1.93. The lowest BCUT2D eigenvalue weighted by atomic mass is 10.3. The smallest absolute Gasteiger partial charge is 0.325 e. The van der Waals surface area contributed by atoms with Crippen molar-refractivity contribution in [2.24, 2.45) is 0 Å². The molecule has 0 aliphatic rings. The van der Waals surface area contributed by atoms with Crippen LogP contribution in [0.3, 0.4) is 0 Å². The van der Waals surface area contributed by atoms with Crippen LogP contribution in [0.4, 0.5) is 24.8 Å². The van der Waals surface area contributed by atoms with Gasteiger partial charge < -0.3 is 5.32 Å². The Bertz CT molecular complexity index is 481. The summed E-state index contributed by atoms with van der Waals surface area (Å²) in [6, 6.07) is 3.78. The first-order valence-electron chi connectivity index (χ1n) is 4.62. The summed E-state index contributed by atoms with van der Waals surface area (Å²) in [7, 11) is 0. The number of aromatic nitrogens is 3. The van der Waals surface area contributed by atoms with Crippen molar-refractivity contribution in [2.75, 3.05) is 5.32 Å². The van der Waals surface area contributed by atoms with Crippen molar-refractivity contribution < 1.29 is 13.2 Å². The Balaban J connectivity index is 2.14. The number of anilines is 2. The molecule has 0 aliphatic carbocycles. The molecule has 0 aliphatic heterocycles. The Morgan fingerprint density at radius 1 is 1.00 bits per heavy atom. The molecule has 17 heavy (non-hydrogen) atoms. The Kier molecular flexibility index (Phi) is 2.90. The predicted octanol–water partition coefficient (Wildman–Crippen LogP) is 2.63. The predicted molar refractivity (Wildman–Crippen MR) is 54.6 cm³/mol. The van der Waals surface area contributed by atoms with Gasteiger partial charge in [-0.25, -0.2) is 15.0 Å². The SMILES string of the molecule is FC(F)(F)c1ccc(Nc2ccncn2)nc1. The molecule has 2 aromatic heterocycles. The van der Waals surface area contributed by atoms with E-state index in [0.717, 1.165) is 12.3 Å². The average Bonchev–Trinajstić information content (AvgIpc) is 2.30. The maximum atomic E-state index is 12.3. The van der Waals surface area contributed by atoms with Crippen LogP contribution in [-0.4, -0.2) is 15.0 Å². The number of nitrogens with zero attached hydrogens (tertiary/aromatic N) is 3. The highest BCUT2D eigenvalue weighted by Crippen LogP contribution is 2.29. The molecule has 0 spiro atoms. The molecule has 0 bridgehead atoms. The molecular weight excluding hydrogens is 233 g/mol. The van der Waals surface area contributed by atoms with Gasteiger partial charge in [0.05, 0.1) is 5.56 Å². The Morgan fingerprint density at radius 2 is 1.76 bits per heavy atom. The topological polar surface area (TPSA) is 50.7 Å². The van der Waals surface area contributed by atoms with Gasteiger partial charge in [0, 0.05) is 12.4 Å². The van der Waals surface area contributed by atoms with Crippen LogP contribution < -0.4 is 5.32 Å². The molecule has 0 amide bonds. The molecular formula is C10H7F3N4. The maximum absolute atomic E-state index is 12.3. The summed E-state index contributed by atoms with van der Waals surface area (Å²) in [4.78, 5) is 11.2. The van der Waals surface area contributed by atoms with Crippen molar-refractivity contribution in [3.05, 3.63) is 42.5 Å². The zero-order valence-electron chi connectivity index (χ0n) is 8.44. The van der Waals surface area contributed by atoms with E-state index in [1.165, 1.54) is 18.6 Å². The lowest BCUT2D eigenvalue weighted by molar-refractivity contribution is -0.137. The zero-order chi connectivity index (χ0) is 12.3. The molecule has 0 fully saturated rings. The van der Waals surface area contributed by atoms with Crippen LogP contribution in [0.25, 0.3) is 0 Å². The first kappa shape index (κ1) is 11.3. The van der Waals surface area contributed by atoms with Crippen molar-refractivity contribution in [3.8, 4) is 0 Å². The van der Waals surface area contributed by atoms with Crippen LogP contribution in [0.5, 0.6) is 0 Å². The standard InChI is InChI=1S/C10H7F3N4/c11-10(12,13)7-1-2-8(15-5-7)17-9-3-4-14-6-16-9/h1-6H,(H,14,15,16,17). The van der Waals surface area contributed by atoms with Crippen LogP contribution >= 0.6 is 0 Å². The summed E-state index contributed by atoms with van der Waals surface area (Å²) in [5.74, 6) is 0.754. The number of hydrogen-bond donors (Lipinski definition) is 1. The molecule has 2 aromatic rings. The van der Waals surface area contributed by atoms with E-state index in [2.05, 4.69) is 20.3 Å². The van der Waals surface area contributed by atoms with Crippen LogP contribution in [0.1, 0.15) is 5.56 Å². The first-order chi connectivity index (χ1) is 8.05. The molecule has 0 saturated carbocycles. The maximum Gasteiger partial charge on any atom is 0.417 e. The van der Waals surface area contributed by atoms with Crippen molar-refractivity contribution in [2.45, 2.75) is 6.18 Å². The van der Waals surface area contributed by atoms with E-state index in [-0.39, 0.29) is 5.82 Å². The van der Waals surface area contributed by atoms with Gasteiger partial charge in [0.15, 0.2) is 0 Å². The van der Waals surface area contributed by atoms with E-state index in [1.54, 1.807) is 6.07 Å². The van der Waals surface area contributed by atoms with E-state index in [4.69, 9.17) is 0 Å². The highest BCUT2D eigenvalue weighted by molar-refractivity contribution is 5.50. The molecule has 2 rings (SSSR count). The van der Waals surface area contributed by atoms with E-state index >= 15 is 0 Å². The second-order valence-corrected chi connectivity index (χ2v) is 3.15. The van der Waals surface area contributed by atoms with E-state index in [9.17, 15) is 13.2 Å². The van der Waals surface area contributed by atoms with Gasteiger partial charge in [0.1, 0.15) is 18.0 Å². The number of nitrogens with one attached hydrogen (secondary N) is 1. The van der Waals surface area contributed by atoms with Crippen molar-refractivity contribution in [1.82, 2.24) is 15.0 Å². The highest BCUT2D eigenvalue weighted by atomic mass is 19.4. The van der Waals surface area contributed by atoms with E-state index in [0.29, 0.717) is 5.82 Å². The minimum absolute atomic E-state index is 0.289. The van der Waals surface area contributed by atoms with Gasteiger partial charge in [-0.15, -0.1) is 0 Å². The summed E-state index contributed by atoms with van der Waals surface area (Å²) in [6.45, 7) is 0. The van der Waals surface area contributed by atoms with E-state index < -0.39 is 11.7 Å². The average molecular weight is 240 g/mol. The molecule has 7 heteroatoms. The molecule has 0 unspecified atom stereocenters. The minimum atomic E-state index is -4.37. The second-order valence-electron chi connectivity index (χ2n) is 3.15. The molecule has 4 nitrogen and oxygen atoms in total. The first-order valence-corrected chi connectivity index (χ1v) is 4.62. The fourth-order valence-electron chi connectivity index (χ4n) is 1.13. The fraction of sp³-hybridized carbons (Fsp3) is 0.100. The zero-order valence-corrected chi connectivity index (χ0v) is 8.44. The third-order valence-corrected chi connectivity index (χ3v) is 1.93. The largest absolute Gasteiger partial charge is 0.417 e. The van der Waals surface area contributed by atoms with Gasteiger partial charge in [-0.1, -0.05) is 0 Å². The van der Waals surface area contributed by atoms with Gasteiger partial charge in [0.25, 0.3) is 0 Å². The number of alkyl halides is 3. The molecule has 0 atom stereocenters. The van der Waals surface area contributed by atoms with Gasteiger partial charge >= 0.3 is 6.18 Å². The van der Waals surface area contributed by atoms with Crippen LogP contribution in [0.15, 0.2) is 36.9 Å². The number of halogens is 3. The molecule has 1 N–H and O–H groups in total. The second kappa shape index (κ2) is 4.36. The number of rotatable bonds is 2. The molecule has 2 heterocycles. The Labute approximate surface area is 94.6 Å². The molecule has 0 aromatic carbocycles. The fourth-order valence-corrected chi connectivity index (χ4v) is 1.13. The van der Waals surface area contributed by atoms with Crippen molar-refractivity contribution >= 4 is 11.6 Å².